The van der Waals surface area contributed by atoms with Gasteiger partial charge in [0.15, 0.2) is 0 Å². The van der Waals surface area contributed by atoms with E-state index in [0.717, 1.165) is 12.3 Å². The SMILES string of the molecule is CC(C)CCC/C=N/[OH2+]. The van der Waals surface area contributed by atoms with Gasteiger partial charge in [0.25, 0.3) is 0 Å². The van der Waals surface area contributed by atoms with Crippen LogP contribution >= 0.6 is 0 Å². The first-order valence-corrected chi connectivity index (χ1v) is 3.45. The highest BCUT2D eigenvalue weighted by molar-refractivity contribution is 5.55. The molecule has 0 rings (SSSR count). The molecule has 0 saturated heterocycles. The molecule has 0 unspecified atom stereocenters. The Kier molecular flexibility index (Phi) is 5.27. The minimum atomic E-state index is 0.782. The third kappa shape index (κ3) is 7.47. The Morgan fingerprint density at radius 2 is 2.22 bits per heavy atom. The van der Waals surface area contributed by atoms with Gasteiger partial charge < -0.3 is 5.21 Å². The molecule has 0 spiro atoms. The maximum absolute atomic E-state index is 6.46. The maximum atomic E-state index is 6.46. The van der Waals surface area contributed by atoms with E-state index in [4.69, 9.17) is 5.21 Å². The number of rotatable bonds is 4. The van der Waals surface area contributed by atoms with Crippen molar-refractivity contribution in [1.82, 2.24) is 0 Å². The van der Waals surface area contributed by atoms with Crippen molar-refractivity contribution in [3.05, 3.63) is 0 Å². The number of hydrogen-bond donors (Lipinski definition) is 0. The average molecular weight is 130 g/mol. The van der Waals surface area contributed by atoms with Gasteiger partial charge in [0.2, 0.25) is 0 Å². The molecule has 2 nitrogen and oxygen atoms in total. The third-order valence-electron chi connectivity index (χ3n) is 1.21. The van der Waals surface area contributed by atoms with E-state index < -0.39 is 0 Å². The summed E-state index contributed by atoms with van der Waals surface area (Å²) in [6.07, 6.45) is 5.02. The van der Waals surface area contributed by atoms with E-state index in [2.05, 4.69) is 19.0 Å². The average Bonchev–Trinajstić information content (AvgIpc) is 1.80. The van der Waals surface area contributed by atoms with E-state index in [-0.39, 0.29) is 0 Å². The van der Waals surface area contributed by atoms with Crippen LogP contribution in [0.25, 0.3) is 0 Å². The van der Waals surface area contributed by atoms with Gasteiger partial charge >= 0.3 is 0 Å². The van der Waals surface area contributed by atoms with Crippen molar-refractivity contribution in [3.63, 3.8) is 0 Å². The first kappa shape index (κ1) is 8.47. The summed E-state index contributed by atoms with van der Waals surface area (Å²) in [6.45, 7) is 4.41. The van der Waals surface area contributed by atoms with E-state index in [0.29, 0.717) is 0 Å². The maximum Gasteiger partial charge on any atom is 0.0940 e. The highest BCUT2D eigenvalue weighted by Crippen LogP contribution is 2.04. The first-order valence-electron chi connectivity index (χ1n) is 3.45. The normalized spacial score (nSPS) is 11.4. The zero-order valence-electron chi connectivity index (χ0n) is 6.22. The highest BCUT2D eigenvalue weighted by atomic mass is 16.4. The lowest BCUT2D eigenvalue weighted by molar-refractivity contribution is 0.320. The van der Waals surface area contributed by atoms with Gasteiger partial charge in [-0.05, 0) is 18.8 Å². The van der Waals surface area contributed by atoms with Gasteiger partial charge in [-0.15, -0.1) is 0 Å². The molecular weight excluding hydrogens is 114 g/mol. The van der Waals surface area contributed by atoms with E-state index in [1.54, 1.807) is 6.21 Å². The number of hydrogen-bond acceptors (Lipinski definition) is 1. The molecule has 0 saturated carbocycles. The predicted molar refractivity (Wildman–Crippen MR) is 40.8 cm³/mol. The van der Waals surface area contributed by atoms with Gasteiger partial charge in [-0.3, -0.25) is 0 Å². The molecule has 0 aliphatic heterocycles. The van der Waals surface area contributed by atoms with Gasteiger partial charge in [-0.2, -0.15) is 0 Å². The molecule has 2 heteroatoms. The molecule has 0 aromatic rings. The Hall–Kier alpha value is -0.530. The predicted octanol–water partition coefficient (Wildman–Crippen LogP) is 1.52. The largest absolute Gasteiger partial charge is 0.469 e. The Balaban J connectivity index is 2.91. The molecule has 0 atom stereocenters. The van der Waals surface area contributed by atoms with E-state index in [9.17, 15) is 0 Å². The summed E-state index contributed by atoms with van der Waals surface area (Å²) in [5.41, 5.74) is 0. The van der Waals surface area contributed by atoms with Crippen LogP contribution in [-0.2, 0) is 0 Å². The van der Waals surface area contributed by atoms with E-state index >= 15 is 0 Å². The number of nitrogens with zero attached hydrogens (tertiary/aromatic N) is 1. The summed E-state index contributed by atoms with van der Waals surface area (Å²) < 4.78 is 0. The Labute approximate surface area is 56.6 Å². The second-order valence-electron chi connectivity index (χ2n) is 2.64. The van der Waals surface area contributed by atoms with Gasteiger partial charge in [0.1, 0.15) is 0 Å². The first-order chi connectivity index (χ1) is 4.27. The summed E-state index contributed by atoms with van der Waals surface area (Å²) in [4.78, 5) is 0. The van der Waals surface area contributed by atoms with Crippen molar-refractivity contribution >= 4 is 6.21 Å². The van der Waals surface area contributed by atoms with Crippen molar-refractivity contribution in [2.24, 2.45) is 11.1 Å². The third-order valence-corrected chi connectivity index (χ3v) is 1.21. The Morgan fingerprint density at radius 3 is 2.67 bits per heavy atom. The lowest BCUT2D eigenvalue weighted by Crippen LogP contribution is -1.86. The van der Waals surface area contributed by atoms with Crippen molar-refractivity contribution in [1.29, 1.82) is 0 Å². The molecule has 0 aromatic heterocycles. The lowest BCUT2D eigenvalue weighted by atomic mass is 10.1. The molecule has 0 aliphatic rings. The minimum Gasteiger partial charge on any atom is -0.469 e. The second-order valence-corrected chi connectivity index (χ2v) is 2.64. The van der Waals surface area contributed by atoms with Crippen LogP contribution in [0.1, 0.15) is 33.1 Å². The molecular formula is C7H16NO+. The monoisotopic (exact) mass is 130 g/mol. The summed E-state index contributed by atoms with van der Waals surface area (Å²) >= 11 is 0. The fraction of sp³-hybridized carbons (Fsp3) is 0.857. The summed E-state index contributed by atoms with van der Waals surface area (Å²) in [6, 6.07) is 0. The molecule has 0 amide bonds. The van der Waals surface area contributed by atoms with Crippen molar-refractivity contribution in [2.45, 2.75) is 33.1 Å². The zero-order chi connectivity index (χ0) is 7.11. The van der Waals surface area contributed by atoms with Crippen molar-refractivity contribution < 1.29 is 5.21 Å². The smallest absolute Gasteiger partial charge is 0.0940 e. The fourth-order valence-corrected chi connectivity index (χ4v) is 0.682. The second kappa shape index (κ2) is 5.60. The fourth-order valence-electron chi connectivity index (χ4n) is 0.682. The quantitative estimate of drug-likeness (QED) is 0.239. The minimum absolute atomic E-state index is 0.782. The highest BCUT2D eigenvalue weighted by Gasteiger charge is 1.91. The van der Waals surface area contributed by atoms with Crippen LogP contribution < -0.4 is 0 Å². The van der Waals surface area contributed by atoms with Crippen LogP contribution in [0, 0.1) is 5.92 Å². The van der Waals surface area contributed by atoms with Crippen LogP contribution in [0.15, 0.2) is 5.16 Å². The van der Waals surface area contributed by atoms with Crippen molar-refractivity contribution in [2.75, 3.05) is 0 Å². The lowest BCUT2D eigenvalue weighted by Gasteiger charge is -1.98. The molecule has 54 valence electrons. The van der Waals surface area contributed by atoms with E-state index in [1.807, 2.05) is 0 Å². The molecule has 0 aromatic carbocycles. The molecule has 0 heterocycles. The zero-order valence-corrected chi connectivity index (χ0v) is 6.22. The standard InChI is InChI=1S/C7H15NO/c1-7(2)5-3-4-6-8-9/h6-7,9H,3-5H2,1-2H3/p+1/b8-6+. The molecule has 9 heavy (non-hydrogen) atoms. The van der Waals surface area contributed by atoms with Gasteiger partial charge in [0.05, 0.1) is 6.21 Å². The Morgan fingerprint density at radius 1 is 1.56 bits per heavy atom. The molecule has 2 N–H and O–H groups in total. The van der Waals surface area contributed by atoms with E-state index in [1.165, 1.54) is 12.8 Å². The summed E-state index contributed by atoms with van der Waals surface area (Å²) in [7, 11) is 0. The van der Waals surface area contributed by atoms with Gasteiger partial charge in [0, 0.05) is 5.16 Å². The molecule has 0 radical (unpaired) electrons. The topological polar surface area (TPSA) is 35.3 Å². The van der Waals surface area contributed by atoms with Gasteiger partial charge in [-0.25, -0.2) is 0 Å². The number of unbranched alkanes of at least 4 members (excludes halogenated alkanes) is 1. The Bertz CT molecular complexity index is 79.0. The van der Waals surface area contributed by atoms with Crippen LogP contribution in [0.2, 0.25) is 0 Å². The molecule has 0 bridgehead atoms. The van der Waals surface area contributed by atoms with Crippen LogP contribution in [-0.4, -0.2) is 11.4 Å². The van der Waals surface area contributed by atoms with Crippen LogP contribution in [0.4, 0.5) is 0 Å². The van der Waals surface area contributed by atoms with Crippen LogP contribution in [0.5, 0.6) is 0 Å². The van der Waals surface area contributed by atoms with Crippen molar-refractivity contribution in [3.8, 4) is 0 Å². The molecule has 0 fully saturated rings. The van der Waals surface area contributed by atoms with Gasteiger partial charge in [-0.1, -0.05) is 20.3 Å². The summed E-state index contributed by atoms with van der Waals surface area (Å²) in [5, 5.41) is 9.62. The van der Waals surface area contributed by atoms with Crippen LogP contribution in [0.3, 0.4) is 0 Å². The summed E-state index contributed by atoms with van der Waals surface area (Å²) in [5.74, 6) is 0.782. The molecule has 0 aliphatic carbocycles.